The average Bonchev–Trinajstić information content (AvgIpc) is 3.02. The number of fused-ring (bicyclic) bond motifs is 2. The third kappa shape index (κ3) is 4.13. The first-order valence-electron chi connectivity index (χ1n) is 14.5. The van der Waals surface area contributed by atoms with Gasteiger partial charge in [0.05, 0.1) is 6.10 Å². The lowest BCUT2D eigenvalue weighted by atomic mass is 9.48. The summed E-state index contributed by atoms with van der Waals surface area (Å²) in [5, 5.41) is 11.5. The molecule has 3 heteroatoms. The minimum Gasteiger partial charge on any atom is -0.391 e. The second kappa shape index (κ2) is 8.92. The van der Waals surface area contributed by atoms with Gasteiger partial charge in [-0.1, -0.05) is 36.4 Å². The van der Waals surface area contributed by atoms with Gasteiger partial charge in [0, 0.05) is 24.5 Å². The molecule has 0 spiro atoms. The number of nitrogens with zero attached hydrogens (tertiary/aromatic N) is 2. The SMILES string of the molecule is O[C@H](CN1CCC(CN2c3ccccc3CCc3ccccc32)CC1)C12CC3CC(CC(C3)C1)C2. The van der Waals surface area contributed by atoms with Gasteiger partial charge in [-0.2, -0.15) is 0 Å². The Hall–Kier alpha value is -1.84. The molecule has 4 aliphatic carbocycles. The first kappa shape index (κ1) is 22.4. The molecule has 8 rings (SSSR count). The number of para-hydroxylation sites is 2. The molecule has 1 saturated heterocycles. The molecule has 0 aromatic heterocycles. The normalized spacial score (nSPS) is 33.3. The second-order valence-electron chi connectivity index (χ2n) is 12.9. The highest BCUT2D eigenvalue weighted by molar-refractivity contribution is 5.71. The number of benzene rings is 2. The summed E-state index contributed by atoms with van der Waals surface area (Å²) >= 11 is 0. The monoisotopic (exact) mass is 470 g/mol. The number of hydrogen-bond donors (Lipinski definition) is 1. The Kier molecular flexibility index (Phi) is 5.70. The molecule has 2 aromatic rings. The maximum atomic E-state index is 11.5. The van der Waals surface area contributed by atoms with Gasteiger partial charge < -0.3 is 14.9 Å². The van der Waals surface area contributed by atoms with E-state index in [1.54, 1.807) is 0 Å². The number of β-amino-alcohol motifs (C(OH)–C–C–N with tert-alkyl or cyclic N) is 1. The minimum atomic E-state index is -0.114. The first-order chi connectivity index (χ1) is 17.1. The van der Waals surface area contributed by atoms with Gasteiger partial charge in [0.25, 0.3) is 0 Å². The van der Waals surface area contributed by atoms with Crippen LogP contribution in [0.1, 0.15) is 62.5 Å². The van der Waals surface area contributed by atoms with Gasteiger partial charge in [-0.25, -0.2) is 0 Å². The van der Waals surface area contributed by atoms with Gasteiger partial charge in [0.2, 0.25) is 0 Å². The fourth-order valence-corrected chi connectivity index (χ4v) is 9.20. The van der Waals surface area contributed by atoms with E-state index in [1.807, 2.05) is 0 Å². The zero-order valence-electron chi connectivity index (χ0n) is 21.2. The molecular formula is C32H42N2O. The van der Waals surface area contributed by atoms with E-state index < -0.39 is 0 Å². The van der Waals surface area contributed by atoms with Crippen molar-refractivity contribution in [1.82, 2.24) is 4.90 Å². The van der Waals surface area contributed by atoms with Gasteiger partial charge >= 0.3 is 0 Å². The highest BCUT2D eigenvalue weighted by Gasteiger charge is 2.54. The lowest BCUT2D eigenvalue weighted by Crippen LogP contribution is -2.55. The zero-order chi connectivity index (χ0) is 23.4. The summed E-state index contributed by atoms with van der Waals surface area (Å²) in [7, 11) is 0. The third-order valence-electron chi connectivity index (χ3n) is 10.6. The van der Waals surface area contributed by atoms with Crippen molar-refractivity contribution in [2.45, 2.75) is 70.3 Å². The molecule has 1 N–H and O–H groups in total. The average molecular weight is 471 g/mol. The van der Waals surface area contributed by atoms with Gasteiger partial charge in [-0.3, -0.25) is 0 Å². The maximum Gasteiger partial charge on any atom is 0.0723 e. The molecule has 0 amide bonds. The smallest absolute Gasteiger partial charge is 0.0723 e. The predicted molar refractivity (Wildman–Crippen MR) is 143 cm³/mol. The van der Waals surface area contributed by atoms with E-state index in [-0.39, 0.29) is 11.5 Å². The van der Waals surface area contributed by atoms with Crippen LogP contribution in [0, 0.1) is 29.1 Å². The second-order valence-corrected chi connectivity index (χ2v) is 12.9. The van der Waals surface area contributed by atoms with Gasteiger partial charge in [0.1, 0.15) is 0 Å². The van der Waals surface area contributed by atoms with E-state index in [2.05, 4.69) is 58.3 Å². The molecule has 2 aliphatic heterocycles. The molecule has 35 heavy (non-hydrogen) atoms. The molecule has 186 valence electrons. The summed E-state index contributed by atoms with van der Waals surface area (Å²) in [6.07, 6.45) is 12.9. The van der Waals surface area contributed by atoms with E-state index in [0.717, 1.165) is 56.8 Å². The molecule has 3 nitrogen and oxygen atoms in total. The van der Waals surface area contributed by atoms with Crippen molar-refractivity contribution >= 4 is 11.4 Å². The van der Waals surface area contributed by atoms with Crippen LogP contribution in [-0.4, -0.2) is 42.3 Å². The van der Waals surface area contributed by atoms with Crippen molar-refractivity contribution < 1.29 is 5.11 Å². The minimum absolute atomic E-state index is 0.114. The topological polar surface area (TPSA) is 26.7 Å². The molecule has 4 bridgehead atoms. The van der Waals surface area contributed by atoms with Crippen molar-refractivity contribution in [2.75, 3.05) is 31.1 Å². The quantitative estimate of drug-likeness (QED) is 0.563. The predicted octanol–water partition coefficient (Wildman–Crippen LogP) is 6.21. The van der Waals surface area contributed by atoms with Crippen LogP contribution in [0.25, 0.3) is 0 Å². The maximum absolute atomic E-state index is 11.5. The lowest BCUT2D eigenvalue weighted by molar-refractivity contribution is -0.127. The van der Waals surface area contributed by atoms with E-state index in [4.69, 9.17) is 0 Å². The van der Waals surface area contributed by atoms with Crippen LogP contribution in [0.3, 0.4) is 0 Å². The van der Waals surface area contributed by atoms with Crippen LogP contribution >= 0.6 is 0 Å². The van der Waals surface area contributed by atoms with Crippen molar-refractivity contribution in [3.63, 3.8) is 0 Å². The van der Waals surface area contributed by atoms with Crippen molar-refractivity contribution in [2.24, 2.45) is 29.1 Å². The molecule has 4 saturated carbocycles. The van der Waals surface area contributed by atoms with Crippen LogP contribution in [0.5, 0.6) is 0 Å². The molecule has 2 heterocycles. The summed E-state index contributed by atoms with van der Waals surface area (Å²) in [6, 6.07) is 18.1. The van der Waals surface area contributed by atoms with Crippen LogP contribution in [-0.2, 0) is 12.8 Å². The van der Waals surface area contributed by atoms with Crippen molar-refractivity contribution in [3.05, 3.63) is 59.7 Å². The van der Waals surface area contributed by atoms with E-state index >= 15 is 0 Å². The number of rotatable bonds is 5. The third-order valence-corrected chi connectivity index (χ3v) is 10.6. The number of aryl methyl sites for hydroxylation is 2. The highest BCUT2D eigenvalue weighted by atomic mass is 16.3. The van der Waals surface area contributed by atoms with Crippen molar-refractivity contribution in [1.29, 1.82) is 0 Å². The molecule has 0 unspecified atom stereocenters. The Labute approximate surface area is 211 Å². The summed E-state index contributed by atoms with van der Waals surface area (Å²) in [6.45, 7) is 4.31. The number of likely N-dealkylation sites (tertiary alicyclic amines) is 1. The number of anilines is 2. The number of aliphatic hydroxyl groups excluding tert-OH is 1. The van der Waals surface area contributed by atoms with Crippen LogP contribution in [0.15, 0.2) is 48.5 Å². The molecule has 5 fully saturated rings. The Morgan fingerprint density at radius 2 is 1.29 bits per heavy atom. The van der Waals surface area contributed by atoms with Gasteiger partial charge in [0.15, 0.2) is 0 Å². The van der Waals surface area contributed by atoms with Crippen LogP contribution in [0.2, 0.25) is 0 Å². The van der Waals surface area contributed by atoms with E-state index in [0.29, 0.717) is 5.92 Å². The van der Waals surface area contributed by atoms with E-state index in [1.165, 1.54) is 73.9 Å². The zero-order valence-corrected chi connectivity index (χ0v) is 21.2. The highest BCUT2D eigenvalue weighted by Crippen LogP contribution is 2.61. The van der Waals surface area contributed by atoms with Gasteiger partial charge in [-0.15, -0.1) is 0 Å². The Balaban J connectivity index is 1.01. The number of aliphatic hydroxyl groups is 1. The molecule has 1 atom stereocenters. The molecule has 0 radical (unpaired) electrons. The van der Waals surface area contributed by atoms with Crippen LogP contribution in [0.4, 0.5) is 11.4 Å². The number of piperidine rings is 1. The Morgan fingerprint density at radius 3 is 1.83 bits per heavy atom. The van der Waals surface area contributed by atoms with Gasteiger partial charge in [-0.05, 0) is 130 Å². The fraction of sp³-hybridized carbons (Fsp3) is 0.625. The summed E-state index contributed by atoms with van der Waals surface area (Å²) < 4.78 is 0. The number of hydrogen-bond acceptors (Lipinski definition) is 3. The Morgan fingerprint density at radius 1 is 0.771 bits per heavy atom. The lowest BCUT2D eigenvalue weighted by Gasteiger charge is -2.59. The molecule has 2 aromatic carbocycles. The van der Waals surface area contributed by atoms with E-state index in [9.17, 15) is 5.11 Å². The molecule has 6 aliphatic rings. The largest absolute Gasteiger partial charge is 0.391 e. The summed E-state index contributed by atoms with van der Waals surface area (Å²) in [5.41, 5.74) is 6.05. The standard InChI is InChI=1S/C32H42N2O/c35-31(32-18-24-15-25(19-32)17-26(16-24)20-32)22-33-13-11-23(12-14-33)21-34-29-7-3-1-5-27(29)9-10-28-6-2-4-8-30(28)34/h1-8,23-26,31,35H,9-22H2/t24?,25?,26?,31-,32?/m1/s1. The summed E-state index contributed by atoms with van der Waals surface area (Å²) in [4.78, 5) is 5.23. The molecular weight excluding hydrogens is 428 g/mol. The first-order valence-corrected chi connectivity index (χ1v) is 14.5. The Bertz CT molecular complexity index is 972. The van der Waals surface area contributed by atoms with Crippen molar-refractivity contribution in [3.8, 4) is 0 Å². The summed E-state index contributed by atoms with van der Waals surface area (Å²) in [5.74, 6) is 3.46. The van der Waals surface area contributed by atoms with Crippen LogP contribution < -0.4 is 4.90 Å². The fourth-order valence-electron chi connectivity index (χ4n) is 9.20.